The lowest BCUT2D eigenvalue weighted by Crippen LogP contribution is -2.19. The van der Waals surface area contributed by atoms with Gasteiger partial charge in [0, 0.05) is 12.2 Å². The van der Waals surface area contributed by atoms with Crippen molar-refractivity contribution in [2.24, 2.45) is 0 Å². The molecule has 1 aromatic rings. The highest BCUT2D eigenvalue weighted by atomic mass is 19.4. The van der Waals surface area contributed by atoms with Crippen LogP contribution in [0.4, 0.5) is 18.9 Å². The Morgan fingerprint density at radius 2 is 1.94 bits per heavy atom. The lowest BCUT2D eigenvalue weighted by atomic mass is 10.1. The van der Waals surface area contributed by atoms with Gasteiger partial charge in [-0.15, -0.1) is 13.2 Å². The first kappa shape index (κ1) is 13.8. The molecule has 0 aliphatic rings. The Balaban J connectivity index is 2.41. The number of alkyl halides is 3. The van der Waals surface area contributed by atoms with E-state index in [1.807, 2.05) is 24.3 Å². The Morgan fingerprint density at radius 1 is 1.24 bits per heavy atom. The number of ether oxygens (including phenoxy) is 1. The Morgan fingerprint density at radius 3 is 2.59 bits per heavy atom. The van der Waals surface area contributed by atoms with Gasteiger partial charge in [0.1, 0.15) is 0 Å². The molecule has 0 aromatic heterocycles. The van der Waals surface area contributed by atoms with E-state index >= 15 is 0 Å². The summed E-state index contributed by atoms with van der Waals surface area (Å²) in [7, 11) is 0. The summed E-state index contributed by atoms with van der Waals surface area (Å²) >= 11 is 0. The minimum Gasteiger partial charge on any atom is -0.383 e. The fraction of sp³-hybridized carbons (Fsp3) is 0.500. The topological polar surface area (TPSA) is 21.3 Å². The average molecular weight is 247 g/mol. The first-order valence-electron chi connectivity index (χ1n) is 5.55. The van der Waals surface area contributed by atoms with E-state index in [1.165, 1.54) is 0 Å². The summed E-state index contributed by atoms with van der Waals surface area (Å²) in [5.41, 5.74) is 1.99. The van der Waals surface area contributed by atoms with Gasteiger partial charge < -0.3 is 5.32 Å². The van der Waals surface area contributed by atoms with Gasteiger partial charge in [-0.3, -0.25) is 4.74 Å². The zero-order valence-corrected chi connectivity index (χ0v) is 9.68. The molecule has 96 valence electrons. The van der Waals surface area contributed by atoms with Crippen LogP contribution >= 0.6 is 0 Å². The van der Waals surface area contributed by atoms with Crippen molar-refractivity contribution in [1.29, 1.82) is 0 Å². The SMILES string of the molecule is CCCc1ccccc1NCCOC(F)(F)F. The normalized spacial score (nSPS) is 11.5. The molecule has 0 spiro atoms. The molecule has 0 saturated carbocycles. The van der Waals surface area contributed by atoms with Gasteiger partial charge in [-0.1, -0.05) is 31.5 Å². The maximum absolute atomic E-state index is 11.7. The van der Waals surface area contributed by atoms with Crippen LogP contribution in [0.25, 0.3) is 0 Å². The third kappa shape index (κ3) is 5.58. The maximum Gasteiger partial charge on any atom is 0.522 e. The highest BCUT2D eigenvalue weighted by Crippen LogP contribution is 2.18. The quantitative estimate of drug-likeness (QED) is 0.776. The number of para-hydroxylation sites is 1. The van der Waals surface area contributed by atoms with Crippen molar-refractivity contribution in [2.45, 2.75) is 26.1 Å². The Hall–Kier alpha value is -1.23. The Bertz CT molecular complexity index is 339. The zero-order valence-electron chi connectivity index (χ0n) is 9.68. The standard InChI is InChI=1S/C12H16F3NO/c1-2-5-10-6-3-4-7-11(10)16-8-9-17-12(13,14)15/h3-4,6-7,16H,2,5,8-9H2,1H3. The van der Waals surface area contributed by atoms with E-state index in [0.717, 1.165) is 24.1 Å². The maximum atomic E-state index is 11.7. The number of halogens is 3. The monoisotopic (exact) mass is 247 g/mol. The van der Waals surface area contributed by atoms with Gasteiger partial charge in [0.25, 0.3) is 0 Å². The van der Waals surface area contributed by atoms with Gasteiger partial charge in [-0.05, 0) is 18.1 Å². The van der Waals surface area contributed by atoms with Crippen molar-refractivity contribution in [1.82, 2.24) is 0 Å². The van der Waals surface area contributed by atoms with E-state index in [1.54, 1.807) is 0 Å². The summed E-state index contributed by atoms with van der Waals surface area (Å²) < 4.78 is 38.9. The molecule has 1 aromatic carbocycles. The number of nitrogens with one attached hydrogen (secondary N) is 1. The summed E-state index contributed by atoms with van der Waals surface area (Å²) in [4.78, 5) is 0. The average Bonchev–Trinajstić information content (AvgIpc) is 2.25. The van der Waals surface area contributed by atoms with Crippen molar-refractivity contribution in [3.05, 3.63) is 29.8 Å². The van der Waals surface area contributed by atoms with E-state index in [2.05, 4.69) is 17.0 Å². The van der Waals surface area contributed by atoms with Gasteiger partial charge in [0.05, 0.1) is 6.61 Å². The van der Waals surface area contributed by atoms with E-state index in [0.29, 0.717) is 0 Å². The number of anilines is 1. The molecule has 0 unspecified atom stereocenters. The molecule has 0 amide bonds. The van der Waals surface area contributed by atoms with Crippen LogP contribution in [0, 0.1) is 0 Å². The fourth-order valence-corrected chi connectivity index (χ4v) is 1.53. The van der Waals surface area contributed by atoms with Crippen molar-refractivity contribution in [3.63, 3.8) is 0 Å². The summed E-state index contributed by atoms with van der Waals surface area (Å²) in [5, 5.41) is 2.95. The molecular weight excluding hydrogens is 231 g/mol. The molecule has 1 rings (SSSR count). The summed E-state index contributed by atoms with van der Waals surface area (Å²) in [6, 6.07) is 7.60. The third-order valence-electron chi connectivity index (χ3n) is 2.22. The first-order chi connectivity index (χ1) is 8.03. The molecule has 0 aliphatic carbocycles. The molecule has 0 saturated heterocycles. The molecule has 0 atom stereocenters. The third-order valence-corrected chi connectivity index (χ3v) is 2.22. The van der Waals surface area contributed by atoms with E-state index in [-0.39, 0.29) is 13.2 Å². The predicted molar refractivity (Wildman–Crippen MR) is 60.9 cm³/mol. The number of benzene rings is 1. The van der Waals surface area contributed by atoms with Crippen LogP contribution in [0.3, 0.4) is 0 Å². The Labute approximate surface area is 98.8 Å². The van der Waals surface area contributed by atoms with Crippen LogP contribution in [0.15, 0.2) is 24.3 Å². The molecule has 0 heterocycles. The van der Waals surface area contributed by atoms with E-state index in [9.17, 15) is 13.2 Å². The zero-order chi connectivity index (χ0) is 12.7. The fourth-order valence-electron chi connectivity index (χ4n) is 1.53. The smallest absolute Gasteiger partial charge is 0.383 e. The van der Waals surface area contributed by atoms with Crippen LogP contribution in [-0.4, -0.2) is 19.5 Å². The molecule has 0 bridgehead atoms. The highest BCUT2D eigenvalue weighted by molar-refractivity contribution is 5.51. The van der Waals surface area contributed by atoms with Crippen LogP contribution in [0.5, 0.6) is 0 Å². The predicted octanol–water partition coefficient (Wildman–Crippen LogP) is 3.59. The van der Waals surface area contributed by atoms with Crippen LogP contribution in [0.1, 0.15) is 18.9 Å². The lowest BCUT2D eigenvalue weighted by molar-refractivity contribution is -0.322. The number of hydrogen-bond donors (Lipinski definition) is 1. The van der Waals surface area contributed by atoms with Gasteiger partial charge in [-0.2, -0.15) is 0 Å². The summed E-state index contributed by atoms with van der Waals surface area (Å²) in [6.07, 6.45) is -2.65. The van der Waals surface area contributed by atoms with E-state index in [4.69, 9.17) is 0 Å². The van der Waals surface area contributed by atoms with Crippen molar-refractivity contribution >= 4 is 5.69 Å². The van der Waals surface area contributed by atoms with Crippen molar-refractivity contribution in [3.8, 4) is 0 Å². The van der Waals surface area contributed by atoms with Crippen LogP contribution < -0.4 is 5.32 Å². The van der Waals surface area contributed by atoms with Gasteiger partial charge in [0.2, 0.25) is 0 Å². The minimum absolute atomic E-state index is 0.139. The molecule has 1 N–H and O–H groups in total. The van der Waals surface area contributed by atoms with Gasteiger partial charge >= 0.3 is 6.36 Å². The first-order valence-corrected chi connectivity index (χ1v) is 5.55. The minimum atomic E-state index is -4.55. The van der Waals surface area contributed by atoms with Crippen molar-refractivity contribution in [2.75, 3.05) is 18.5 Å². The second-order valence-electron chi connectivity index (χ2n) is 3.63. The van der Waals surface area contributed by atoms with E-state index < -0.39 is 6.36 Å². The molecule has 0 radical (unpaired) electrons. The number of aryl methyl sites for hydroxylation is 1. The Kier molecular flexibility index (Phi) is 5.28. The van der Waals surface area contributed by atoms with Gasteiger partial charge in [-0.25, -0.2) is 0 Å². The van der Waals surface area contributed by atoms with Crippen LogP contribution in [-0.2, 0) is 11.2 Å². The molecular formula is C12H16F3NO. The molecule has 17 heavy (non-hydrogen) atoms. The molecule has 5 heteroatoms. The second-order valence-corrected chi connectivity index (χ2v) is 3.63. The van der Waals surface area contributed by atoms with Crippen LogP contribution in [0.2, 0.25) is 0 Å². The second kappa shape index (κ2) is 6.49. The van der Waals surface area contributed by atoms with Crippen molar-refractivity contribution < 1.29 is 17.9 Å². The molecule has 0 aliphatic heterocycles. The number of hydrogen-bond acceptors (Lipinski definition) is 2. The summed E-state index contributed by atoms with van der Waals surface area (Å²) in [6.45, 7) is 1.81. The molecule has 2 nitrogen and oxygen atoms in total. The summed E-state index contributed by atoms with van der Waals surface area (Å²) in [5.74, 6) is 0. The largest absolute Gasteiger partial charge is 0.522 e. The molecule has 0 fully saturated rings. The highest BCUT2D eigenvalue weighted by Gasteiger charge is 2.28. The number of rotatable bonds is 6. The van der Waals surface area contributed by atoms with Gasteiger partial charge in [0.15, 0.2) is 0 Å². The lowest BCUT2D eigenvalue weighted by Gasteiger charge is -2.12.